The Balaban J connectivity index is 2.07. The number of hydrogen-bond acceptors (Lipinski definition) is 7. The number of Topliss-reactive ketones (excluding diaryl/α,β-unsaturated/α-hetero) is 2. The average molecular weight is 442 g/mol. The van der Waals surface area contributed by atoms with Crippen LogP contribution in [0.2, 0.25) is 0 Å². The first kappa shape index (κ1) is 24.7. The van der Waals surface area contributed by atoms with Crippen LogP contribution in [0.5, 0.6) is 0 Å². The maximum absolute atomic E-state index is 13.0. The van der Waals surface area contributed by atoms with Gasteiger partial charge in [-0.25, -0.2) is 10.7 Å². The van der Waals surface area contributed by atoms with Crippen molar-refractivity contribution < 1.29 is 33.9 Å². The van der Waals surface area contributed by atoms with E-state index in [1.165, 1.54) is 0 Å². The number of carbonyl (C=O) groups is 4. The van der Waals surface area contributed by atoms with Crippen molar-refractivity contribution in [2.24, 2.45) is 5.90 Å². The van der Waals surface area contributed by atoms with Crippen LogP contribution in [0.3, 0.4) is 0 Å². The number of aryl methyl sites for hydroxylation is 1. The van der Waals surface area contributed by atoms with Crippen LogP contribution in [0, 0.1) is 0 Å². The van der Waals surface area contributed by atoms with E-state index in [2.05, 4.69) is 5.32 Å². The molecule has 0 saturated carbocycles. The van der Waals surface area contributed by atoms with Crippen molar-refractivity contribution in [1.29, 1.82) is 0 Å². The molecule has 2 unspecified atom stereocenters. The molecule has 0 aliphatic carbocycles. The lowest BCUT2D eigenvalue weighted by Crippen LogP contribution is -2.57. The SMILES string of the molecule is CC(ON)(C(=O)CCc1ccccc1)C(=O)C(CC(=O)O)NC(=O)OCc1ccccc1. The van der Waals surface area contributed by atoms with E-state index in [9.17, 15) is 24.3 Å². The Morgan fingerprint density at radius 2 is 1.56 bits per heavy atom. The van der Waals surface area contributed by atoms with Crippen LogP contribution < -0.4 is 11.2 Å². The summed E-state index contributed by atoms with van der Waals surface area (Å²) in [5.74, 6) is 2.31. The molecule has 1 amide bonds. The van der Waals surface area contributed by atoms with Crippen LogP contribution in [-0.2, 0) is 37.0 Å². The molecule has 0 aliphatic heterocycles. The fraction of sp³-hybridized carbons (Fsp3) is 0.304. The van der Waals surface area contributed by atoms with Crippen molar-refractivity contribution in [2.75, 3.05) is 0 Å². The quantitative estimate of drug-likeness (QED) is 0.335. The Labute approximate surface area is 185 Å². The highest BCUT2D eigenvalue weighted by atomic mass is 16.6. The minimum absolute atomic E-state index is 0.0678. The fourth-order valence-corrected chi connectivity index (χ4v) is 3.03. The van der Waals surface area contributed by atoms with Crippen LogP contribution >= 0.6 is 0 Å². The Morgan fingerprint density at radius 3 is 2.09 bits per heavy atom. The molecule has 9 nitrogen and oxygen atoms in total. The second-order valence-corrected chi connectivity index (χ2v) is 7.28. The summed E-state index contributed by atoms with van der Waals surface area (Å²) in [7, 11) is 0. The smallest absolute Gasteiger partial charge is 0.408 e. The molecule has 2 rings (SSSR count). The topological polar surface area (TPSA) is 145 Å². The summed E-state index contributed by atoms with van der Waals surface area (Å²) in [6, 6.07) is 16.3. The first-order valence-electron chi connectivity index (χ1n) is 9.94. The zero-order valence-electron chi connectivity index (χ0n) is 17.7. The number of carboxylic acids is 1. The second-order valence-electron chi connectivity index (χ2n) is 7.28. The number of carboxylic acid groups (broad SMARTS) is 1. The van der Waals surface area contributed by atoms with Crippen LogP contribution in [0.4, 0.5) is 4.79 Å². The molecule has 4 N–H and O–H groups in total. The van der Waals surface area contributed by atoms with Gasteiger partial charge in [0.25, 0.3) is 0 Å². The molecule has 0 radical (unpaired) electrons. The average Bonchev–Trinajstić information content (AvgIpc) is 2.80. The largest absolute Gasteiger partial charge is 0.481 e. The summed E-state index contributed by atoms with van der Waals surface area (Å²) in [4.78, 5) is 54.0. The van der Waals surface area contributed by atoms with Crippen LogP contribution in [0.15, 0.2) is 60.7 Å². The first-order chi connectivity index (χ1) is 15.3. The van der Waals surface area contributed by atoms with E-state index >= 15 is 0 Å². The first-order valence-corrected chi connectivity index (χ1v) is 9.94. The van der Waals surface area contributed by atoms with Gasteiger partial charge in [-0.05, 0) is 24.5 Å². The summed E-state index contributed by atoms with van der Waals surface area (Å²) in [6.45, 7) is 1.08. The minimum atomic E-state index is -2.14. The summed E-state index contributed by atoms with van der Waals surface area (Å²) in [5.41, 5.74) is -0.561. The lowest BCUT2D eigenvalue weighted by molar-refractivity contribution is -0.159. The Kier molecular flexibility index (Phi) is 9.06. The van der Waals surface area contributed by atoms with Crippen molar-refractivity contribution in [3.05, 3.63) is 71.8 Å². The summed E-state index contributed by atoms with van der Waals surface area (Å²) in [5, 5.41) is 11.4. The number of carbonyl (C=O) groups excluding carboxylic acids is 3. The summed E-state index contributed by atoms with van der Waals surface area (Å²) < 4.78 is 5.05. The van der Waals surface area contributed by atoms with Crippen molar-refractivity contribution in [3.63, 3.8) is 0 Å². The zero-order chi connectivity index (χ0) is 23.6. The molecule has 0 aliphatic rings. The molecule has 0 aromatic heterocycles. The predicted octanol–water partition coefficient (Wildman–Crippen LogP) is 2.18. The van der Waals surface area contributed by atoms with Gasteiger partial charge in [0.05, 0.1) is 6.42 Å². The van der Waals surface area contributed by atoms with Crippen molar-refractivity contribution in [3.8, 4) is 0 Å². The van der Waals surface area contributed by atoms with Gasteiger partial charge in [-0.15, -0.1) is 0 Å². The van der Waals surface area contributed by atoms with E-state index < -0.39 is 41.7 Å². The lowest BCUT2D eigenvalue weighted by atomic mass is 9.86. The molecule has 2 atom stereocenters. The van der Waals surface area contributed by atoms with Crippen molar-refractivity contribution in [1.82, 2.24) is 5.32 Å². The van der Waals surface area contributed by atoms with Gasteiger partial charge in [-0.3, -0.25) is 19.2 Å². The van der Waals surface area contributed by atoms with Gasteiger partial charge in [0.1, 0.15) is 12.6 Å². The zero-order valence-corrected chi connectivity index (χ0v) is 17.7. The molecular formula is C23H26N2O7. The van der Waals surface area contributed by atoms with Crippen LogP contribution in [0.25, 0.3) is 0 Å². The van der Waals surface area contributed by atoms with Gasteiger partial charge in [0, 0.05) is 6.42 Å². The fourth-order valence-electron chi connectivity index (χ4n) is 3.03. The highest BCUT2D eigenvalue weighted by Crippen LogP contribution is 2.19. The minimum Gasteiger partial charge on any atom is -0.481 e. The molecule has 2 aromatic rings. The maximum Gasteiger partial charge on any atom is 0.408 e. The number of aliphatic carboxylic acids is 1. The maximum atomic E-state index is 13.0. The van der Waals surface area contributed by atoms with Gasteiger partial charge in [-0.1, -0.05) is 60.7 Å². The Morgan fingerprint density at radius 1 is 1.00 bits per heavy atom. The molecule has 0 bridgehead atoms. The number of benzene rings is 2. The van der Waals surface area contributed by atoms with Gasteiger partial charge < -0.3 is 15.2 Å². The van der Waals surface area contributed by atoms with Crippen molar-refractivity contribution >= 4 is 23.6 Å². The molecule has 170 valence electrons. The molecule has 0 fully saturated rings. The normalized spacial score (nSPS) is 13.4. The Hall–Kier alpha value is -3.56. The Bertz CT molecular complexity index is 934. The number of nitrogens with one attached hydrogen (secondary N) is 1. The third-order valence-electron chi connectivity index (χ3n) is 4.92. The monoisotopic (exact) mass is 442 g/mol. The van der Waals surface area contributed by atoms with E-state index in [-0.39, 0.29) is 13.0 Å². The number of nitrogens with two attached hydrogens (primary N) is 1. The number of ketones is 2. The molecule has 9 heteroatoms. The standard InChI is InChI=1S/C23H26N2O7/c1-23(32-24,19(26)13-12-16-8-4-2-5-9-16)21(29)18(14-20(27)28)25-22(30)31-15-17-10-6-3-7-11-17/h2-11,18H,12-15,24H2,1H3,(H,25,30)(H,27,28). The van der Waals surface area contributed by atoms with Gasteiger partial charge in [0.15, 0.2) is 11.6 Å². The van der Waals surface area contributed by atoms with Crippen LogP contribution in [-0.4, -0.2) is 40.4 Å². The number of ether oxygens (including phenoxy) is 1. The molecular weight excluding hydrogens is 416 g/mol. The highest BCUT2D eigenvalue weighted by Gasteiger charge is 2.46. The van der Waals surface area contributed by atoms with Crippen LogP contribution in [0.1, 0.15) is 30.9 Å². The van der Waals surface area contributed by atoms with Crippen molar-refractivity contribution in [2.45, 2.75) is 44.4 Å². The predicted molar refractivity (Wildman–Crippen MR) is 114 cm³/mol. The number of alkyl carbamates (subject to hydrolysis) is 1. The van der Waals surface area contributed by atoms with Gasteiger partial charge in [0.2, 0.25) is 5.60 Å². The number of rotatable bonds is 12. The molecule has 0 saturated heterocycles. The third kappa shape index (κ3) is 7.00. The second kappa shape index (κ2) is 11.7. The van der Waals surface area contributed by atoms with Gasteiger partial charge in [-0.2, -0.15) is 0 Å². The molecule has 32 heavy (non-hydrogen) atoms. The molecule has 0 heterocycles. The van der Waals surface area contributed by atoms with Gasteiger partial charge >= 0.3 is 12.1 Å². The van der Waals surface area contributed by atoms with E-state index in [1.54, 1.807) is 30.3 Å². The van der Waals surface area contributed by atoms with E-state index in [0.29, 0.717) is 12.0 Å². The van der Waals surface area contributed by atoms with E-state index in [4.69, 9.17) is 15.5 Å². The summed E-state index contributed by atoms with van der Waals surface area (Å²) in [6.07, 6.45) is -1.52. The molecule has 0 spiro atoms. The number of amides is 1. The molecule has 2 aromatic carbocycles. The summed E-state index contributed by atoms with van der Waals surface area (Å²) >= 11 is 0. The highest BCUT2D eigenvalue weighted by molar-refractivity contribution is 6.13. The van der Waals surface area contributed by atoms with E-state index in [0.717, 1.165) is 12.5 Å². The lowest BCUT2D eigenvalue weighted by Gasteiger charge is -2.28. The third-order valence-corrected chi connectivity index (χ3v) is 4.92. The van der Waals surface area contributed by atoms with E-state index in [1.807, 2.05) is 30.3 Å². The number of hydrogen-bond donors (Lipinski definition) is 3.